The lowest BCUT2D eigenvalue weighted by atomic mass is 10.2. The molecule has 2 unspecified atom stereocenters. The summed E-state index contributed by atoms with van der Waals surface area (Å²) in [4.78, 5) is 1.74. The Morgan fingerprint density at radius 1 is 1.40 bits per heavy atom. The average Bonchev–Trinajstić information content (AvgIpc) is 2.77. The Bertz CT molecular complexity index is 655. The van der Waals surface area contributed by atoms with Gasteiger partial charge in [-0.1, -0.05) is 35.6 Å². The maximum absolute atomic E-state index is 11.5. The van der Waals surface area contributed by atoms with E-state index in [4.69, 9.17) is 23.8 Å². The van der Waals surface area contributed by atoms with Crippen LogP contribution >= 0.6 is 35.6 Å². The molecule has 0 spiro atoms. The Morgan fingerprint density at radius 3 is 2.50 bits per heavy atom. The highest BCUT2D eigenvalue weighted by molar-refractivity contribution is 8.23. The van der Waals surface area contributed by atoms with Gasteiger partial charge in [-0.25, -0.2) is 16.8 Å². The van der Waals surface area contributed by atoms with Crippen LogP contribution in [0.15, 0.2) is 10.4 Å². The molecule has 0 amide bonds. The summed E-state index contributed by atoms with van der Waals surface area (Å²) in [5.74, 6) is 0.206. The number of hydrogen-bond donors (Lipinski definition) is 0. The van der Waals surface area contributed by atoms with Gasteiger partial charge >= 0.3 is 0 Å². The van der Waals surface area contributed by atoms with Crippen LogP contribution < -0.4 is 0 Å². The molecule has 0 bridgehead atoms. The SMILES string of the molecule is CN(C(=S)SC1CS(=O)(=O)C=C1Cl)C1CCS(=O)(=O)C1. The van der Waals surface area contributed by atoms with Gasteiger partial charge in [0.2, 0.25) is 0 Å². The standard InChI is InChI=1S/C10H14ClNO4S4/c1-12(7-2-3-19(13,14)4-7)10(17)18-9-6-20(15,16)5-8(9)11/h5,7,9H,2-4,6H2,1H3. The smallest absolute Gasteiger partial charge is 0.174 e. The van der Waals surface area contributed by atoms with Crippen LogP contribution in [0.1, 0.15) is 6.42 Å². The van der Waals surface area contributed by atoms with Crippen molar-refractivity contribution < 1.29 is 16.8 Å². The van der Waals surface area contributed by atoms with Crippen molar-refractivity contribution in [3.05, 3.63) is 10.4 Å². The van der Waals surface area contributed by atoms with Gasteiger partial charge in [0, 0.05) is 23.5 Å². The van der Waals surface area contributed by atoms with E-state index in [1.165, 1.54) is 11.8 Å². The summed E-state index contributed by atoms with van der Waals surface area (Å²) in [5, 5.41) is 0.939. The number of nitrogens with zero attached hydrogens (tertiary/aromatic N) is 1. The lowest BCUT2D eigenvalue weighted by molar-refractivity contribution is 0.409. The molecule has 0 saturated carbocycles. The number of sulfone groups is 2. The number of halogens is 1. The number of hydrogen-bond acceptors (Lipinski definition) is 6. The summed E-state index contributed by atoms with van der Waals surface area (Å²) >= 11 is 12.4. The second-order valence-electron chi connectivity index (χ2n) is 4.87. The van der Waals surface area contributed by atoms with E-state index in [2.05, 4.69) is 0 Å². The first-order chi connectivity index (χ1) is 9.10. The van der Waals surface area contributed by atoms with E-state index < -0.39 is 24.9 Å². The van der Waals surface area contributed by atoms with E-state index in [0.717, 1.165) is 5.41 Å². The fourth-order valence-corrected chi connectivity index (χ4v) is 7.96. The molecule has 10 heteroatoms. The molecule has 0 aromatic carbocycles. The minimum absolute atomic E-state index is 0.0621. The molecule has 2 aliphatic heterocycles. The minimum Gasteiger partial charge on any atom is -0.357 e. The van der Waals surface area contributed by atoms with Gasteiger partial charge in [0.15, 0.2) is 19.7 Å². The first kappa shape index (κ1) is 16.5. The predicted octanol–water partition coefficient (Wildman–Crippen LogP) is 1.00. The van der Waals surface area contributed by atoms with Crippen molar-refractivity contribution in [1.29, 1.82) is 0 Å². The first-order valence-electron chi connectivity index (χ1n) is 5.83. The highest BCUT2D eigenvalue weighted by Gasteiger charge is 2.34. The van der Waals surface area contributed by atoms with Gasteiger partial charge < -0.3 is 4.90 Å². The summed E-state index contributed by atoms with van der Waals surface area (Å²) in [6.45, 7) is 0. The van der Waals surface area contributed by atoms with E-state index in [1.54, 1.807) is 11.9 Å². The Kier molecular flexibility index (Phi) is 4.76. The topological polar surface area (TPSA) is 71.5 Å². The van der Waals surface area contributed by atoms with Gasteiger partial charge in [0.1, 0.15) is 4.32 Å². The second-order valence-corrected chi connectivity index (χ2v) is 11.3. The third-order valence-electron chi connectivity index (χ3n) is 3.27. The molecular weight excluding hydrogens is 362 g/mol. The monoisotopic (exact) mass is 375 g/mol. The molecule has 1 saturated heterocycles. The quantitative estimate of drug-likeness (QED) is 0.666. The molecule has 0 aromatic heterocycles. The van der Waals surface area contributed by atoms with Crippen molar-refractivity contribution in [1.82, 2.24) is 4.90 Å². The average molecular weight is 376 g/mol. The predicted molar refractivity (Wildman–Crippen MR) is 86.5 cm³/mol. The van der Waals surface area contributed by atoms with Crippen LogP contribution in [0.5, 0.6) is 0 Å². The van der Waals surface area contributed by atoms with Crippen molar-refractivity contribution in [2.75, 3.05) is 24.3 Å². The fourth-order valence-electron chi connectivity index (χ4n) is 2.11. The normalized spacial score (nSPS) is 31.0. The summed E-state index contributed by atoms with van der Waals surface area (Å²) in [7, 11) is -4.48. The molecule has 2 aliphatic rings. The van der Waals surface area contributed by atoms with Gasteiger partial charge in [-0.15, -0.1) is 0 Å². The van der Waals surface area contributed by atoms with Crippen molar-refractivity contribution in [2.45, 2.75) is 17.7 Å². The molecule has 114 valence electrons. The van der Waals surface area contributed by atoms with E-state index >= 15 is 0 Å². The first-order valence-corrected chi connectivity index (χ1v) is 11.0. The summed E-state index contributed by atoms with van der Waals surface area (Å²) in [6, 6.07) is -0.138. The second kappa shape index (κ2) is 5.75. The van der Waals surface area contributed by atoms with Crippen molar-refractivity contribution in [3.8, 4) is 0 Å². The summed E-state index contributed by atoms with van der Waals surface area (Å²) in [5.41, 5.74) is 0. The molecule has 2 atom stereocenters. The third-order valence-corrected chi connectivity index (χ3v) is 9.05. The lowest BCUT2D eigenvalue weighted by Gasteiger charge is -2.26. The van der Waals surface area contributed by atoms with Gasteiger partial charge in [-0.3, -0.25) is 0 Å². The molecule has 0 radical (unpaired) electrons. The summed E-state index contributed by atoms with van der Waals surface area (Å²) in [6.07, 6.45) is 0.548. The van der Waals surface area contributed by atoms with Gasteiger partial charge in [-0.2, -0.15) is 0 Å². The molecule has 2 rings (SSSR count). The molecule has 0 aliphatic carbocycles. The van der Waals surface area contributed by atoms with Gasteiger partial charge in [-0.05, 0) is 6.42 Å². The Labute approximate surface area is 133 Å². The number of rotatable bonds is 2. The molecule has 2 heterocycles. The minimum atomic E-state index is -3.24. The van der Waals surface area contributed by atoms with Crippen molar-refractivity contribution in [2.24, 2.45) is 0 Å². The van der Waals surface area contributed by atoms with Crippen molar-refractivity contribution >= 4 is 59.6 Å². The van der Waals surface area contributed by atoms with E-state index in [1.807, 2.05) is 0 Å². The molecule has 5 nitrogen and oxygen atoms in total. The molecule has 20 heavy (non-hydrogen) atoms. The highest BCUT2D eigenvalue weighted by atomic mass is 35.5. The number of thioether (sulfide) groups is 1. The molecule has 0 N–H and O–H groups in total. The molecule has 0 aromatic rings. The largest absolute Gasteiger partial charge is 0.357 e. The van der Waals surface area contributed by atoms with Crippen LogP contribution in [0, 0.1) is 0 Å². The van der Waals surface area contributed by atoms with Crippen LogP contribution in [-0.2, 0) is 19.7 Å². The Morgan fingerprint density at radius 2 is 2.05 bits per heavy atom. The maximum atomic E-state index is 11.5. The van der Waals surface area contributed by atoms with E-state index in [9.17, 15) is 16.8 Å². The zero-order valence-electron chi connectivity index (χ0n) is 10.7. The van der Waals surface area contributed by atoms with Crippen LogP contribution in [0.2, 0.25) is 0 Å². The van der Waals surface area contributed by atoms with E-state index in [-0.39, 0.29) is 28.3 Å². The summed E-state index contributed by atoms with van der Waals surface area (Å²) < 4.78 is 46.3. The molecule has 1 fully saturated rings. The molecular formula is C10H14ClNO4S4. The Hall–Kier alpha value is 0.170. The van der Waals surface area contributed by atoms with Crippen LogP contribution in [-0.4, -0.2) is 61.7 Å². The highest BCUT2D eigenvalue weighted by Crippen LogP contribution is 2.33. The lowest BCUT2D eigenvalue weighted by Crippen LogP contribution is -2.36. The zero-order valence-corrected chi connectivity index (χ0v) is 14.7. The van der Waals surface area contributed by atoms with Crippen LogP contribution in [0.25, 0.3) is 0 Å². The third kappa shape index (κ3) is 3.88. The maximum Gasteiger partial charge on any atom is 0.174 e. The Balaban J connectivity index is 1.98. The van der Waals surface area contributed by atoms with Gasteiger partial charge in [0.25, 0.3) is 0 Å². The number of thiocarbonyl (C=S) groups is 1. The van der Waals surface area contributed by atoms with Crippen LogP contribution in [0.3, 0.4) is 0 Å². The zero-order chi connectivity index (χ0) is 15.1. The van der Waals surface area contributed by atoms with Crippen LogP contribution in [0.4, 0.5) is 0 Å². The van der Waals surface area contributed by atoms with Gasteiger partial charge in [0.05, 0.1) is 22.5 Å². The van der Waals surface area contributed by atoms with E-state index in [0.29, 0.717) is 10.7 Å². The van der Waals surface area contributed by atoms with Crippen molar-refractivity contribution in [3.63, 3.8) is 0 Å². The fraction of sp³-hybridized carbons (Fsp3) is 0.700.